The number of allylic oxidation sites excluding steroid dienone is 1. The number of ketones is 3. The number of rotatable bonds is 16. The second-order valence-corrected chi connectivity index (χ2v) is 8.71. The van der Waals surface area contributed by atoms with Crippen molar-refractivity contribution in [3.05, 3.63) is 41.0 Å². The molecule has 2 rings (SSSR count). The highest BCUT2D eigenvalue weighted by molar-refractivity contribution is 6.52. The Labute approximate surface area is 187 Å². The first-order chi connectivity index (χ1) is 15.1. The highest BCUT2D eigenvalue weighted by Crippen LogP contribution is 2.30. The van der Waals surface area contributed by atoms with Gasteiger partial charge in [0.1, 0.15) is 11.5 Å². The first kappa shape index (κ1) is 25.0. The number of hydrogen-bond acceptors (Lipinski definition) is 4. The van der Waals surface area contributed by atoms with Gasteiger partial charge in [-0.15, -0.1) is 0 Å². The van der Waals surface area contributed by atoms with Crippen molar-refractivity contribution in [1.29, 1.82) is 0 Å². The molecule has 0 heterocycles. The molecule has 0 bridgehead atoms. The van der Waals surface area contributed by atoms with Gasteiger partial charge < -0.3 is 5.11 Å². The van der Waals surface area contributed by atoms with Crippen LogP contribution in [0.3, 0.4) is 0 Å². The second-order valence-electron chi connectivity index (χ2n) is 8.71. The van der Waals surface area contributed by atoms with Gasteiger partial charge in [0.2, 0.25) is 11.6 Å². The Balaban J connectivity index is 1.55. The molecule has 31 heavy (non-hydrogen) atoms. The fourth-order valence-corrected chi connectivity index (χ4v) is 4.21. The third-order valence-electron chi connectivity index (χ3n) is 6.13. The third kappa shape index (κ3) is 8.08. The van der Waals surface area contributed by atoms with Crippen LogP contribution < -0.4 is 0 Å². The van der Waals surface area contributed by atoms with Crippen LogP contribution in [0.5, 0.6) is 0 Å². The van der Waals surface area contributed by atoms with E-state index in [-0.39, 0.29) is 11.3 Å². The lowest BCUT2D eigenvalue weighted by Gasteiger charge is -2.17. The minimum atomic E-state index is -0.569. The first-order valence-corrected chi connectivity index (χ1v) is 12.2. The van der Waals surface area contributed by atoms with Crippen molar-refractivity contribution in [3.63, 3.8) is 0 Å². The smallest absolute Gasteiger partial charge is 0.234 e. The van der Waals surface area contributed by atoms with Gasteiger partial charge in [0.05, 0.1) is 0 Å². The van der Waals surface area contributed by atoms with Crippen molar-refractivity contribution in [1.82, 2.24) is 0 Å². The summed E-state index contributed by atoms with van der Waals surface area (Å²) < 4.78 is 0. The number of fused-ring (bicyclic) bond motifs is 1. The normalized spacial score (nSPS) is 13.6. The Bertz CT molecular complexity index is 775. The summed E-state index contributed by atoms with van der Waals surface area (Å²) >= 11 is 0. The van der Waals surface area contributed by atoms with Gasteiger partial charge in [-0.1, -0.05) is 89.0 Å². The molecular formula is C27H38O4. The van der Waals surface area contributed by atoms with Gasteiger partial charge in [-0.05, 0) is 25.7 Å². The SMILES string of the molecule is CCCCCCCCC(=O)CCCCCCCCC1=C(O)c2ccccc2C(=O)C1=O. The number of unbranched alkanes of at least 4 members (excludes halogenated alkanes) is 10. The summed E-state index contributed by atoms with van der Waals surface area (Å²) in [5.74, 6) is -0.725. The van der Waals surface area contributed by atoms with Crippen molar-refractivity contribution >= 4 is 23.1 Å². The van der Waals surface area contributed by atoms with E-state index >= 15 is 0 Å². The fraction of sp³-hybridized carbons (Fsp3) is 0.593. The molecule has 4 nitrogen and oxygen atoms in total. The van der Waals surface area contributed by atoms with Gasteiger partial charge in [-0.2, -0.15) is 0 Å². The fourth-order valence-electron chi connectivity index (χ4n) is 4.21. The molecule has 0 fully saturated rings. The monoisotopic (exact) mass is 426 g/mol. The van der Waals surface area contributed by atoms with E-state index in [1.54, 1.807) is 24.3 Å². The summed E-state index contributed by atoms with van der Waals surface area (Å²) in [6.07, 6.45) is 15.0. The number of carbonyl (C=O) groups is 3. The maximum atomic E-state index is 12.3. The van der Waals surface area contributed by atoms with Crippen LogP contribution in [0.4, 0.5) is 0 Å². The zero-order valence-electron chi connectivity index (χ0n) is 19.1. The summed E-state index contributed by atoms with van der Waals surface area (Å²) in [4.78, 5) is 36.5. The van der Waals surface area contributed by atoms with E-state index in [1.807, 2.05) is 0 Å². The summed E-state index contributed by atoms with van der Waals surface area (Å²) in [5, 5.41) is 10.4. The zero-order valence-corrected chi connectivity index (χ0v) is 19.1. The first-order valence-electron chi connectivity index (χ1n) is 12.2. The van der Waals surface area contributed by atoms with E-state index in [0.29, 0.717) is 29.8 Å². The number of carbonyl (C=O) groups excluding carboxylic acids is 3. The van der Waals surface area contributed by atoms with Crippen molar-refractivity contribution in [2.75, 3.05) is 0 Å². The van der Waals surface area contributed by atoms with E-state index in [9.17, 15) is 19.5 Å². The molecule has 0 radical (unpaired) electrons. The van der Waals surface area contributed by atoms with Gasteiger partial charge in [0.25, 0.3) is 0 Å². The molecule has 1 N–H and O–H groups in total. The molecule has 0 aliphatic heterocycles. The highest BCUT2D eigenvalue weighted by atomic mass is 16.3. The average molecular weight is 427 g/mol. The van der Waals surface area contributed by atoms with Crippen LogP contribution in [-0.4, -0.2) is 22.5 Å². The molecule has 4 heteroatoms. The molecule has 1 aliphatic rings. The number of benzene rings is 1. The zero-order chi connectivity index (χ0) is 22.5. The largest absolute Gasteiger partial charge is 0.507 e. The summed E-state index contributed by atoms with van der Waals surface area (Å²) in [5.41, 5.74) is 1.01. The highest BCUT2D eigenvalue weighted by Gasteiger charge is 2.31. The molecule has 170 valence electrons. The summed E-state index contributed by atoms with van der Waals surface area (Å²) in [6, 6.07) is 6.72. The molecule has 1 aromatic carbocycles. The van der Waals surface area contributed by atoms with E-state index in [2.05, 4.69) is 6.92 Å². The molecule has 0 unspecified atom stereocenters. The molecule has 1 aromatic rings. The van der Waals surface area contributed by atoms with E-state index in [1.165, 1.54) is 32.1 Å². The lowest BCUT2D eigenvalue weighted by molar-refractivity contribution is -0.119. The average Bonchev–Trinajstić information content (AvgIpc) is 2.78. The van der Waals surface area contributed by atoms with Crippen LogP contribution in [0.1, 0.15) is 119 Å². The maximum Gasteiger partial charge on any atom is 0.234 e. The quantitative estimate of drug-likeness (QED) is 0.225. The molecule has 0 atom stereocenters. The lowest BCUT2D eigenvalue weighted by Crippen LogP contribution is -2.24. The Kier molecular flexibility index (Phi) is 11.3. The van der Waals surface area contributed by atoms with Crippen molar-refractivity contribution in [2.24, 2.45) is 0 Å². The summed E-state index contributed by atoms with van der Waals surface area (Å²) in [7, 11) is 0. The van der Waals surface area contributed by atoms with Crippen molar-refractivity contribution in [3.8, 4) is 0 Å². The summed E-state index contributed by atoms with van der Waals surface area (Å²) in [6.45, 7) is 2.21. The Morgan fingerprint density at radius 3 is 1.84 bits per heavy atom. The Hall–Kier alpha value is -2.23. The van der Waals surface area contributed by atoms with Gasteiger partial charge in [-0.3, -0.25) is 14.4 Å². The van der Waals surface area contributed by atoms with Crippen molar-refractivity contribution in [2.45, 2.75) is 103 Å². The van der Waals surface area contributed by atoms with Gasteiger partial charge >= 0.3 is 0 Å². The van der Waals surface area contributed by atoms with Crippen LogP contribution in [-0.2, 0) is 9.59 Å². The van der Waals surface area contributed by atoms with Crippen LogP contribution >= 0.6 is 0 Å². The topological polar surface area (TPSA) is 71.4 Å². The Morgan fingerprint density at radius 1 is 0.710 bits per heavy atom. The number of Topliss-reactive ketones (excluding diaryl/α,β-unsaturated/α-hetero) is 3. The molecular weight excluding hydrogens is 388 g/mol. The van der Waals surface area contributed by atoms with Crippen LogP contribution in [0, 0.1) is 0 Å². The molecule has 0 aromatic heterocycles. The third-order valence-corrected chi connectivity index (χ3v) is 6.13. The van der Waals surface area contributed by atoms with Gasteiger partial charge in [-0.25, -0.2) is 0 Å². The predicted molar refractivity (Wildman–Crippen MR) is 125 cm³/mol. The molecule has 0 saturated heterocycles. The lowest BCUT2D eigenvalue weighted by atomic mass is 9.86. The van der Waals surface area contributed by atoms with Gasteiger partial charge in [0.15, 0.2) is 0 Å². The number of aliphatic hydroxyl groups is 1. The second kappa shape index (κ2) is 14.0. The number of aliphatic hydroxyl groups excluding tert-OH is 1. The molecule has 0 amide bonds. The minimum Gasteiger partial charge on any atom is -0.507 e. The van der Waals surface area contributed by atoms with E-state index in [4.69, 9.17) is 0 Å². The van der Waals surface area contributed by atoms with Gasteiger partial charge in [0, 0.05) is 29.5 Å². The van der Waals surface area contributed by atoms with E-state index < -0.39 is 11.6 Å². The molecule has 0 saturated carbocycles. The molecule has 1 aliphatic carbocycles. The van der Waals surface area contributed by atoms with Crippen LogP contribution in [0.15, 0.2) is 29.8 Å². The predicted octanol–water partition coefficient (Wildman–Crippen LogP) is 7.16. The van der Waals surface area contributed by atoms with E-state index in [0.717, 1.165) is 51.4 Å². The maximum absolute atomic E-state index is 12.3. The van der Waals surface area contributed by atoms with Crippen molar-refractivity contribution < 1.29 is 19.5 Å². The molecule has 0 spiro atoms. The van der Waals surface area contributed by atoms with Crippen LogP contribution in [0.25, 0.3) is 5.76 Å². The minimum absolute atomic E-state index is 0.0379. The Morgan fingerprint density at radius 2 is 1.23 bits per heavy atom. The number of hydrogen-bond donors (Lipinski definition) is 1. The van der Waals surface area contributed by atoms with Crippen LogP contribution in [0.2, 0.25) is 0 Å². The standard InChI is InChI=1S/C27H38O4/c1-2-3-4-5-8-11-16-21(28)17-12-9-6-7-10-13-20-24-25(29)22-18-14-15-19-23(22)26(30)27(24)31/h14-15,18-19,29H,2-13,16-17,20H2,1H3.